The minimum Gasteiger partial charge on any atom is -0.507 e. The fraction of sp³-hybridized carbons (Fsp3) is 0.211. The van der Waals surface area contributed by atoms with Gasteiger partial charge in [0.2, 0.25) is 11.5 Å². The Kier molecular flexibility index (Phi) is 5.89. The Morgan fingerprint density at radius 2 is 1.56 bits per heavy atom. The highest BCUT2D eigenvalue weighted by Gasteiger charge is 2.20. The Morgan fingerprint density at radius 1 is 0.920 bits per heavy atom. The van der Waals surface area contributed by atoms with Crippen molar-refractivity contribution >= 4 is 11.9 Å². The Labute approximate surface area is 146 Å². The van der Waals surface area contributed by atoms with Crippen molar-refractivity contribution in [2.24, 2.45) is 0 Å². The number of ketones is 1. The van der Waals surface area contributed by atoms with Crippen molar-refractivity contribution in [2.45, 2.75) is 0 Å². The van der Waals surface area contributed by atoms with Crippen molar-refractivity contribution in [3.8, 4) is 28.7 Å². The molecule has 0 aliphatic carbocycles. The van der Waals surface area contributed by atoms with Gasteiger partial charge >= 0.3 is 0 Å². The molecule has 132 valence electrons. The van der Waals surface area contributed by atoms with E-state index in [-0.39, 0.29) is 17.1 Å². The molecule has 2 rings (SSSR count). The normalized spacial score (nSPS) is 10.6. The number of hydrogen-bond acceptors (Lipinski definition) is 6. The van der Waals surface area contributed by atoms with E-state index < -0.39 is 0 Å². The zero-order chi connectivity index (χ0) is 18.4. The number of allylic oxidation sites excluding steroid dienone is 1. The van der Waals surface area contributed by atoms with Crippen molar-refractivity contribution in [1.82, 2.24) is 0 Å². The maximum absolute atomic E-state index is 12.3. The van der Waals surface area contributed by atoms with Crippen LogP contribution >= 0.6 is 0 Å². The molecule has 0 radical (unpaired) electrons. The molecule has 0 saturated carbocycles. The van der Waals surface area contributed by atoms with E-state index in [1.54, 1.807) is 30.3 Å². The highest BCUT2D eigenvalue weighted by atomic mass is 16.5. The molecule has 0 aliphatic heterocycles. The lowest BCUT2D eigenvalue weighted by molar-refractivity contribution is 0.104. The van der Waals surface area contributed by atoms with E-state index in [2.05, 4.69) is 0 Å². The van der Waals surface area contributed by atoms with Gasteiger partial charge in [-0.05, 0) is 30.4 Å². The zero-order valence-corrected chi connectivity index (χ0v) is 14.5. The average molecular weight is 344 g/mol. The first-order chi connectivity index (χ1) is 12.1. The number of para-hydroxylation sites is 1. The van der Waals surface area contributed by atoms with Crippen LogP contribution in [0, 0.1) is 0 Å². The quantitative estimate of drug-likeness (QED) is 0.613. The minimum absolute atomic E-state index is 0.0750. The van der Waals surface area contributed by atoms with Crippen molar-refractivity contribution in [2.75, 3.05) is 28.4 Å². The second kappa shape index (κ2) is 8.10. The van der Waals surface area contributed by atoms with Crippen LogP contribution in [0.15, 0.2) is 36.4 Å². The molecule has 2 aromatic carbocycles. The molecule has 0 saturated heterocycles. The molecular formula is C19H20O6. The summed E-state index contributed by atoms with van der Waals surface area (Å²) in [5, 5.41) is 9.78. The fourth-order valence-corrected chi connectivity index (χ4v) is 2.42. The van der Waals surface area contributed by atoms with Crippen LogP contribution in [0.3, 0.4) is 0 Å². The molecule has 0 bridgehead atoms. The van der Waals surface area contributed by atoms with Crippen molar-refractivity contribution in [3.63, 3.8) is 0 Å². The van der Waals surface area contributed by atoms with E-state index in [1.807, 2.05) is 0 Å². The average Bonchev–Trinajstić information content (AvgIpc) is 2.64. The SMILES string of the molecule is COc1cc(C=CC(=O)c2ccccc2O)c(OC)c(OC)c1OC. The summed E-state index contributed by atoms with van der Waals surface area (Å²) in [6.45, 7) is 0. The third-order valence-electron chi connectivity index (χ3n) is 3.60. The number of methoxy groups -OCH3 is 4. The number of benzene rings is 2. The first-order valence-electron chi connectivity index (χ1n) is 7.44. The van der Waals surface area contributed by atoms with Crippen LogP contribution in [0.2, 0.25) is 0 Å². The molecule has 0 heterocycles. The molecule has 6 nitrogen and oxygen atoms in total. The van der Waals surface area contributed by atoms with E-state index in [9.17, 15) is 9.90 Å². The number of ether oxygens (including phenoxy) is 4. The van der Waals surface area contributed by atoms with Gasteiger partial charge < -0.3 is 24.1 Å². The number of hydrogen-bond donors (Lipinski definition) is 1. The standard InChI is InChI=1S/C19H20O6/c1-22-16-11-12(17(23-2)19(25-4)18(16)24-3)9-10-15(21)13-7-5-6-8-14(13)20/h5-11,20H,1-4H3. The maximum atomic E-state index is 12.3. The molecule has 0 aliphatic rings. The summed E-state index contributed by atoms with van der Waals surface area (Å²) in [5.74, 6) is 1.18. The van der Waals surface area contributed by atoms with Gasteiger partial charge in [0.15, 0.2) is 17.3 Å². The van der Waals surface area contributed by atoms with Crippen LogP contribution in [-0.2, 0) is 0 Å². The lowest BCUT2D eigenvalue weighted by Crippen LogP contribution is -2.00. The van der Waals surface area contributed by atoms with Gasteiger partial charge in [0, 0.05) is 5.56 Å². The predicted octanol–water partition coefficient (Wildman–Crippen LogP) is 3.32. The Hall–Kier alpha value is -3.15. The summed E-state index contributed by atoms with van der Waals surface area (Å²) in [4.78, 5) is 12.3. The number of phenols is 1. The minimum atomic E-state index is -0.339. The van der Waals surface area contributed by atoms with Crippen LogP contribution in [-0.4, -0.2) is 39.3 Å². The molecular weight excluding hydrogens is 324 g/mol. The molecule has 0 aromatic heterocycles. The predicted molar refractivity (Wildman–Crippen MR) is 94.1 cm³/mol. The fourth-order valence-electron chi connectivity index (χ4n) is 2.42. The van der Waals surface area contributed by atoms with Gasteiger partial charge in [0.1, 0.15) is 5.75 Å². The topological polar surface area (TPSA) is 74.2 Å². The third kappa shape index (κ3) is 3.68. The summed E-state index contributed by atoms with van der Waals surface area (Å²) in [5.41, 5.74) is 0.783. The summed E-state index contributed by atoms with van der Waals surface area (Å²) < 4.78 is 21.4. The number of carbonyl (C=O) groups excluding carboxylic acids is 1. The first-order valence-corrected chi connectivity index (χ1v) is 7.44. The molecule has 25 heavy (non-hydrogen) atoms. The van der Waals surface area contributed by atoms with Gasteiger partial charge in [0.25, 0.3) is 0 Å². The van der Waals surface area contributed by atoms with Crippen molar-refractivity contribution in [1.29, 1.82) is 0 Å². The highest BCUT2D eigenvalue weighted by Crippen LogP contribution is 2.46. The summed E-state index contributed by atoms with van der Waals surface area (Å²) in [6, 6.07) is 8.02. The Morgan fingerprint density at radius 3 is 2.12 bits per heavy atom. The number of rotatable bonds is 7. The van der Waals surface area contributed by atoms with Crippen LogP contribution < -0.4 is 18.9 Å². The van der Waals surface area contributed by atoms with Gasteiger partial charge in [0.05, 0.1) is 34.0 Å². The lowest BCUT2D eigenvalue weighted by atomic mass is 10.1. The molecule has 0 atom stereocenters. The van der Waals surface area contributed by atoms with Crippen molar-refractivity contribution < 1.29 is 28.8 Å². The van der Waals surface area contributed by atoms with Crippen LogP contribution in [0.1, 0.15) is 15.9 Å². The molecule has 2 aromatic rings. The lowest BCUT2D eigenvalue weighted by Gasteiger charge is -2.17. The summed E-state index contributed by atoms with van der Waals surface area (Å²) in [6.07, 6.45) is 2.91. The monoisotopic (exact) mass is 344 g/mol. The highest BCUT2D eigenvalue weighted by molar-refractivity contribution is 6.08. The number of aromatic hydroxyl groups is 1. The second-order valence-corrected chi connectivity index (χ2v) is 4.98. The van der Waals surface area contributed by atoms with E-state index >= 15 is 0 Å². The number of carbonyl (C=O) groups is 1. The van der Waals surface area contributed by atoms with Crippen LogP contribution in [0.4, 0.5) is 0 Å². The van der Waals surface area contributed by atoms with Gasteiger partial charge in [-0.15, -0.1) is 0 Å². The van der Waals surface area contributed by atoms with Gasteiger partial charge in [-0.2, -0.15) is 0 Å². The second-order valence-electron chi connectivity index (χ2n) is 4.98. The van der Waals surface area contributed by atoms with Crippen LogP contribution in [0.25, 0.3) is 6.08 Å². The van der Waals surface area contributed by atoms with Crippen molar-refractivity contribution in [3.05, 3.63) is 47.5 Å². The van der Waals surface area contributed by atoms with E-state index in [0.717, 1.165) is 0 Å². The van der Waals surface area contributed by atoms with E-state index in [0.29, 0.717) is 28.6 Å². The summed E-state index contributed by atoms with van der Waals surface area (Å²) >= 11 is 0. The van der Waals surface area contributed by atoms with E-state index in [1.165, 1.54) is 40.6 Å². The van der Waals surface area contributed by atoms with E-state index in [4.69, 9.17) is 18.9 Å². The molecule has 1 N–H and O–H groups in total. The largest absolute Gasteiger partial charge is 0.507 e. The van der Waals surface area contributed by atoms with Crippen LogP contribution in [0.5, 0.6) is 28.7 Å². The van der Waals surface area contributed by atoms with Gasteiger partial charge in [-0.25, -0.2) is 0 Å². The Bertz CT molecular complexity index is 795. The molecule has 0 spiro atoms. The molecule has 0 fully saturated rings. The zero-order valence-electron chi connectivity index (χ0n) is 14.5. The third-order valence-corrected chi connectivity index (χ3v) is 3.60. The molecule has 0 amide bonds. The Balaban J connectivity index is 2.48. The molecule has 0 unspecified atom stereocenters. The van der Waals surface area contributed by atoms with Gasteiger partial charge in [-0.1, -0.05) is 12.1 Å². The molecule has 6 heteroatoms. The maximum Gasteiger partial charge on any atom is 0.207 e. The smallest absolute Gasteiger partial charge is 0.207 e. The number of phenolic OH excluding ortho intramolecular Hbond substituents is 1. The summed E-state index contributed by atoms with van der Waals surface area (Å²) in [7, 11) is 5.98. The first kappa shape index (κ1) is 18.2. The van der Waals surface area contributed by atoms with Gasteiger partial charge in [-0.3, -0.25) is 4.79 Å².